The van der Waals surface area contributed by atoms with Gasteiger partial charge >= 0.3 is 0 Å². The summed E-state index contributed by atoms with van der Waals surface area (Å²) in [5.41, 5.74) is 1.13. The highest BCUT2D eigenvalue weighted by Crippen LogP contribution is 2.08. The van der Waals surface area contributed by atoms with Crippen molar-refractivity contribution in [3.63, 3.8) is 0 Å². The van der Waals surface area contributed by atoms with E-state index in [1.165, 1.54) is 18.6 Å². The van der Waals surface area contributed by atoms with Crippen LogP contribution in [0.4, 0.5) is 4.39 Å². The van der Waals surface area contributed by atoms with Crippen molar-refractivity contribution in [3.05, 3.63) is 35.6 Å². The largest absolute Gasteiger partial charge is 0.310 e. The van der Waals surface area contributed by atoms with Gasteiger partial charge in [0.15, 0.2) is 0 Å². The van der Waals surface area contributed by atoms with Crippen molar-refractivity contribution >= 4 is 0 Å². The summed E-state index contributed by atoms with van der Waals surface area (Å²) in [5, 5.41) is 3.45. The first-order valence-electron chi connectivity index (χ1n) is 5.61. The van der Waals surface area contributed by atoms with Crippen LogP contribution in [0.2, 0.25) is 0 Å². The molecule has 0 aliphatic heterocycles. The molecule has 0 spiro atoms. The van der Waals surface area contributed by atoms with E-state index in [4.69, 9.17) is 0 Å². The molecular formula is C13H20FN. The lowest BCUT2D eigenvalue weighted by atomic mass is 10.0. The zero-order chi connectivity index (χ0) is 11.3. The minimum atomic E-state index is -0.172. The summed E-state index contributed by atoms with van der Waals surface area (Å²) in [6, 6.07) is 7.16. The van der Waals surface area contributed by atoms with Crippen LogP contribution in [0.15, 0.2) is 24.3 Å². The first kappa shape index (κ1) is 12.2. The van der Waals surface area contributed by atoms with E-state index in [1.54, 1.807) is 0 Å². The second-order valence-electron chi connectivity index (χ2n) is 4.18. The third-order valence-corrected chi connectivity index (χ3v) is 3.04. The lowest BCUT2D eigenvalue weighted by Crippen LogP contribution is -2.31. The Morgan fingerprint density at radius 1 is 1.20 bits per heavy atom. The molecular weight excluding hydrogens is 189 g/mol. The SMILES string of the molecule is CC[C@@H](C)[C@@H](C)NCc1ccc(F)cc1. The summed E-state index contributed by atoms with van der Waals surface area (Å²) < 4.78 is 12.6. The molecule has 0 fully saturated rings. The minimum absolute atomic E-state index is 0.172. The van der Waals surface area contributed by atoms with Gasteiger partial charge in [-0.2, -0.15) is 0 Å². The van der Waals surface area contributed by atoms with Crippen molar-refractivity contribution in [1.82, 2.24) is 5.32 Å². The highest BCUT2D eigenvalue weighted by Gasteiger charge is 2.08. The van der Waals surface area contributed by atoms with E-state index in [-0.39, 0.29) is 5.82 Å². The summed E-state index contributed by atoms with van der Waals surface area (Å²) in [4.78, 5) is 0. The first-order valence-corrected chi connectivity index (χ1v) is 5.61. The van der Waals surface area contributed by atoms with Gasteiger partial charge in [-0.3, -0.25) is 0 Å². The van der Waals surface area contributed by atoms with Crippen LogP contribution in [-0.4, -0.2) is 6.04 Å². The van der Waals surface area contributed by atoms with Crippen molar-refractivity contribution in [2.45, 2.75) is 39.8 Å². The van der Waals surface area contributed by atoms with Crippen LogP contribution in [0.25, 0.3) is 0 Å². The molecule has 0 aromatic heterocycles. The summed E-state index contributed by atoms with van der Waals surface area (Å²) in [6.45, 7) is 7.44. The van der Waals surface area contributed by atoms with Crippen LogP contribution in [0.1, 0.15) is 32.8 Å². The van der Waals surface area contributed by atoms with Gasteiger partial charge in [0.2, 0.25) is 0 Å². The third kappa shape index (κ3) is 4.00. The van der Waals surface area contributed by atoms with E-state index in [9.17, 15) is 4.39 Å². The predicted octanol–water partition coefficient (Wildman–Crippen LogP) is 3.35. The molecule has 0 bridgehead atoms. The molecule has 1 aromatic carbocycles. The highest BCUT2D eigenvalue weighted by molar-refractivity contribution is 5.15. The van der Waals surface area contributed by atoms with Gasteiger partial charge in [0.05, 0.1) is 0 Å². The molecule has 0 heterocycles. The maximum atomic E-state index is 12.6. The first-order chi connectivity index (χ1) is 7.13. The van der Waals surface area contributed by atoms with E-state index >= 15 is 0 Å². The number of hydrogen-bond acceptors (Lipinski definition) is 1. The van der Waals surface area contributed by atoms with Crippen LogP contribution in [0.5, 0.6) is 0 Å². The molecule has 0 amide bonds. The van der Waals surface area contributed by atoms with E-state index in [2.05, 4.69) is 26.1 Å². The molecule has 0 aliphatic carbocycles. The van der Waals surface area contributed by atoms with Crippen LogP contribution in [-0.2, 0) is 6.54 Å². The number of halogens is 1. The molecule has 1 aromatic rings. The molecule has 2 atom stereocenters. The van der Waals surface area contributed by atoms with E-state index in [0.717, 1.165) is 12.1 Å². The Bertz CT molecular complexity index is 281. The van der Waals surface area contributed by atoms with Crippen molar-refractivity contribution in [2.24, 2.45) is 5.92 Å². The Hall–Kier alpha value is -0.890. The minimum Gasteiger partial charge on any atom is -0.310 e. The van der Waals surface area contributed by atoms with E-state index in [0.29, 0.717) is 12.0 Å². The van der Waals surface area contributed by atoms with Gasteiger partial charge in [0.25, 0.3) is 0 Å². The standard InChI is InChI=1S/C13H20FN/c1-4-10(2)11(3)15-9-12-5-7-13(14)8-6-12/h5-8,10-11,15H,4,9H2,1-3H3/t10-,11-/m1/s1. The summed E-state index contributed by atoms with van der Waals surface area (Å²) in [6.07, 6.45) is 1.18. The zero-order valence-corrected chi connectivity index (χ0v) is 9.76. The molecule has 1 rings (SSSR count). The molecule has 0 saturated heterocycles. The van der Waals surface area contributed by atoms with E-state index < -0.39 is 0 Å². The van der Waals surface area contributed by atoms with Gasteiger partial charge in [-0.1, -0.05) is 32.4 Å². The molecule has 15 heavy (non-hydrogen) atoms. The number of rotatable bonds is 5. The quantitative estimate of drug-likeness (QED) is 0.784. The summed E-state index contributed by atoms with van der Waals surface area (Å²) >= 11 is 0. The Morgan fingerprint density at radius 2 is 1.80 bits per heavy atom. The van der Waals surface area contributed by atoms with Crippen LogP contribution in [0, 0.1) is 11.7 Å². The van der Waals surface area contributed by atoms with Gasteiger partial charge < -0.3 is 5.32 Å². The molecule has 2 heteroatoms. The normalized spacial score (nSPS) is 14.9. The summed E-state index contributed by atoms with van der Waals surface area (Å²) in [5.74, 6) is 0.499. The maximum absolute atomic E-state index is 12.6. The molecule has 0 unspecified atom stereocenters. The van der Waals surface area contributed by atoms with E-state index in [1.807, 2.05) is 12.1 Å². The predicted molar refractivity (Wildman–Crippen MR) is 62.2 cm³/mol. The van der Waals surface area contributed by atoms with Gasteiger partial charge in [-0.05, 0) is 30.5 Å². The van der Waals surface area contributed by atoms with Crippen molar-refractivity contribution < 1.29 is 4.39 Å². The fraction of sp³-hybridized carbons (Fsp3) is 0.538. The summed E-state index contributed by atoms with van der Waals surface area (Å²) in [7, 11) is 0. The maximum Gasteiger partial charge on any atom is 0.123 e. The Balaban J connectivity index is 2.40. The fourth-order valence-corrected chi connectivity index (χ4v) is 1.44. The van der Waals surface area contributed by atoms with Gasteiger partial charge in [0.1, 0.15) is 5.82 Å². The van der Waals surface area contributed by atoms with Gasteiger partial charge in [-0.25, -0.2) is 4.39 Å². The fourth-order valence-electron chi connectivity index (χ4n) is 1.44. The number of benzene rings is 1. The molecule has 0 aliphatic rings. The van der Waals surface area contributed by atoms with Gasteiger partial charge in [-0.15, -0.1) is 0 Å². The zero-order valence-electron chi connectivity index (χ0n) is 9.76. The Labute approximate surface area is 91.7 Å². The lowest BCUT2D eigenvalue weighted by molar-refractivity contribution is 0.389. The van der Waals surface area contributed by atoms with Crippen LogP contribution >= 0.6 is 0 Å². The average molecular weight is 209 g/mol. The van der Waals surface area contributed by atoms with Gasteiger partial charge in [0, 0.05) is 12.6 Å². The lowest BCUT2D eigenvalue weighted by Gasteiger charge is -2.19. The third-order valence-electron chi connectivity index (χ3n) is 3.04. The second-order valence-corrected chi connectivity index (χ2v) is 4.18. The highest BCUT2D eigenvalue weighted by atomic mass is 19.1. The second kappa shape index (κ2) is 5.86. The smallest absolute Gasteiger partial charge is 0.123 e. The van der Waals surface area contributed by atoms with Crippen LogP contribution in [0.3, 0.4) is 0 Å². The Morgan fingerprint density at radius 3 is 2.33 bits per heavy atom. The average Bonchev–Trinajstić information content (AvgIpc) is 2.26. The monoisotopic (exact) mass is 209 g/mol. The van der Waals surface area contributed by atoms with Crippen molar-refractivity contribution in [3.8, 4) is 0 Å². The number of nitrogens with one attached hydrogen (secondary N) is 1. The molecule has 84 valence electrons. The van der Waals surface area contributed by atoms with Crippen molar-refractivity contribution in [2.75, 3.05) is 0 Å². The van der Waals surface area contributed by atoms with Crippen LogP contribution < -0.4 is 5.32 Å². The molecule has 0 radical (unpaired) electrons. The van der Waals surface area contributed by atoms with Crippen molar-refractivity contribution in [1.29, 1.82) is 0 Å². The molecule has 1 N–H and O–H groups in total. The topological polar surface area (TPSA) is 12.0 Å². The number of hydrogen-bond donors (Lipinski definition) is 1. The Kier molecular flexibility index (Phi) is 4.76. The molecule has 0 saturated carbocycles. The molecule has 1 nitrogen and oxygen atoms in total.